The van der Waals surface area contributed by atoms with E-state index in [2.05, 4.69) is 93.7 Å². The second-order valence-electron chi connectivity index (χ2n) is 23.1. The first kappa shape index (κ1) is 75.8. The molecule has 0 aromatic heterocycles. The van der Waals surface area contributed by atoms with Crippen molar-refractivity contribution in [3.63, 3.8) is 0 Å². The Balaban J connectivity index is 4.37. The van der Waals surface area contributed by atoms with Gasteiger partial charge in [-0.25, -0.2) is 0 Å². The van der Waals surface area contributed by atoms with Gasteiger partial charge in [-0.3, -0.25) is 14.4 Å². The molecule has 0 aliphatic rings. The summed E-state index contributed by atoms with van der Waals surface area (Å²) in [6.45, 7) is 6.57. The molecule has 0 bridgehead atoms. The zero-order valence-electron chi connectivity index (χ0n) is 52.6. The molecule has 0 aromatic rings. The lowest BCUT2D eigenvalue weighted by Crippen LogP contribution is -2.30. The molecule has 0 spiro atoms. The topological polar surface area (TPSA) is 78.9 Å². The third-order valence-corrected chi connectivity index (χ3v) is 15.2. The second-order valence-corrected chi connectivity index (χ2v) is 23.1. The Labute approximate surface area is 491 Å². The quantitative estimate of drug-likeness (QED) is 0.0261. The number of carbonyl (C=O) groups is 3. The Morgan fingerprint density at radius 3 is 0.785 bits per heavy atom. The lowest BCUT2D eigenvalue weighted by molar-refractivity contribution is -0.167. The number of allylic oxidation sites excluding steroid dienone is 12. The van der Waals surface area contributed by atoms with E-state index >= 15 is 0 Å². The van der Waals surface area contributed by atoms with Crippen LogP contribution in [0.3, 0.4) is 0 Å². The molecule has 0 aliphatic carbocycles. The van der Waals surface area contributed by atoms with Crippen LogP contribution in [-0.2, 0) is 28.6 Å². The van der Waals surface area contributed by atoms with Crippen LogP contribution in [0, 0.1) is 0 Å². The molecule has 1 atom stereocenters. The van der Waals surface area contributed by atoms with Crippen molar-refractivity contribution in [3.8, 4) is 0 Å². The van der Waals surface area contributed by atoms with E-state index in [9.17, 15) is 14.4 Å². The van der Waals surface area contributed by atoms with E-state index in [4.69, 9.17) is 14.2 Å². The van der Waals surface area contributed by atoms with Gasteiger partial charge in [-0.2, -0.15) is 0 Å². The van der Waals surface area contributed by atoms with Crippen LogP contribution in [-0.4, -0.2) is 37.2 Å². The van der Waals surface area contributed by atoms with Crippen molar-refractivity contribution in [2.45, 2.75) is 361 Å². The largest absolute Gasteiger partial charge is 0.462 e. The molecule has 0 aliphatic heterocycles. The normalized spacial score (nSPS) is 12.5. The summed E-state index contributed by atoms with van der Waals surface area (Å²) in [5.41, 5.74) is 0. The summed E-state index contributed by atoms with van der Waals surface area (Å²) < 4.78 is 17.0. The van der Waals surface area contributed by atoms with Gasteiger partial charge >= 0.3 is 17.9 Å². The first-order valence-corrected chi connectivity index (χ1v) is 34.4. The minimum atomic E-state index is -0.782. The van der Waals surface area contributed by atoms with Gasteiger partial charge < -0.3 is 14.2 Å². The van der Waals surface area contributed by atoms with Crippen molar-refractivity contribution in [3.05, 3.63) is 72.9 Å². The highest BCUT2D eigenvalue weighted by atomic mass is 16.6. The molecule has 0 radical (unpaired) electrons. The first-order chi connectivity index (χ1) is 39.0. The molecular weight excluding hydrogens is 973 g/mol. The Hall–Kier alpha value is -3.15. The molecule has 0 rings (SSSR count). The fraction of sp³-hybridized carbons (Fsp3) is 0.795. The van der Waals surface area contributed by atoms with Crippen LogP contribution in [0.15, 0.2) is 72.9 Å². The molecule has 6 heteroatoms. The van der Waals surface area contributed by atoms with Gasteiger partial charge in [-0.15, -0.1) is 0 Å². The average Bonchev–Trinajstić information content (AvgIpc) is 3.45. The summed E-state index contributed by atoms with van der Waals surface area (Å²) in [7, 11) is 0. The molecule has 6 nitrogen and oxygen atoms in total. The monoisotopic (exact) mass is 1100 g/mol. The summed E-state index contributed by atoms with van der Waals surface area (Å²) in [4.78, 5) is 38.5. The predicted octanol–water partition coefficient (Wildman–Crippen LogP) is 23.7. The van der Waals surface area contributed by atoms with Gasteiger partial charge in [-0.05, 0) is 89.9 Å². The van der Waals surface area contributed by atoms with Crippen LogP contribution in [0.1, 0.15) is 355 Å². The van der Waals surface area contributed by atoms with Gasteiger partial charge in [0.1, 0.15) is 13.2 Å². The maximum absolute atomic E-state index is 13.0. The van der Waals surface area contributed by atoms with Crippen LogP contribution in [0.25, 0.3) is 0 Å². The number of carbonyl (C=O) groups excluding carboxylic acids is 3. The highest BCUT2D eigenvalue weighted by Crippen LogP contribution is 2.18. The van der Waals surface area contributed by atoms with Crippen molar-refractivity contribution in [1.29, 1.82) is 0 Å². The maximum atomic E-state index is 13.0. The van der Waals surface area contributed by atoms with Gasteiger partial charge in [0.25, 0.3) is 0 Å². The van der Waals surface area contributed by atoms with Crippen LogP contribution in [0.4, 0.5) is 0 Å². The lowest BCUT2D eigenvalue weighted by atomic mass is 10.0. The molecule has 0 N–H and O–H groups in total. The smallest absolute Gasteiger partial charge is 0.306 e. The highest BCUT2D eigenvalue weighted by Gasteiger charge is 2.19. The summed E-state index contributed by atoms with van der Waals surface area (Å²) >= 11 is 0. The molecule has 0 amide bonds. The molecule has 1 unspecified atom stereocenters. The number of esters is 3. The predicted molar refractivity (Wildman–Crippen MR) is 344 cm³/mol. The van der Waals surface area contributed by atoms with Crippen molar-refractivity contribution < 1.29 is 28.6 Å². The van der Waals surface area contributed by atoms with E-state index in [1.165, 1.54) is 218 Å². The van der Waals surface area contributed by atoms with Crippen molar-refractivity contribution in [2.24, 2.45) is 0 Å². The van der Waals surface area contributed by atoms with Gasteiger partial charge in [0, 0.05) is 19.3 Å². The van der Waals surface area contributed by atoms with E-state index in [1.54, 1.807) is 0 Å². The zero-order chi connectivity index (χ0) is 57.1. The minimum absolute atomic E-state index is 0.0777. The fourth-order valence-electron chi connectivity index (χ4n) is 10.1. The molecule has 79 heavy (non-hydrogen) atoms. The third kappa shape index (κ3) is 65.5. The second kappa shape index (κ2) is 67.4. The minimum Gasteiger partial charge on any atom is -0.462 e. The first-order valence-electron chi connectivity index (χ1n) is 34.4. The van der Waals surface area contributed by atoms with Gasteiger partial charge in [-0.1, -0.05) is 318 Å². The number of hydrogen-bond donors (Lipinski definition) is 0. The Morgan fingerprint density at radius 2 is 0.494 bits per heavy atom. The summed E-state index contributed by atoms with van der Waals surface area (Å²) in [5, 5.41) is 0. The summed E-state index contributed by atoms with van der Waals surface area (Å²) in [6.07, 6.45) is 87.7. The number of rotatable bonds is 63. The molecule has 458 valence electrons. The SMILES string of the molecule is CC/C=C\C/C=C\C/C=C\C/C=C\C/C=C\CCCCCCCCCC(=O)OCC(COC(=O)CCCCCCCCC/C=C\CCCCCCCCC)OC(=O)CCCCCCCCCCCCCCCCCCCCCC. The Morgan fingerprint density at radius 1 is 0.266 bits per heavy atom. The highest BCUT2D eigenvalue weighted by molar-refractivity contribution is 5.71. The van der Waals surface area contributed by atoms with E-state index in [0.29, 0.717) is 19.3 Å². The Bertz CT molecular complexity index is 1450. The van der Waals surface area contributed by atoms with Crippen LogP contribution < -0.4 is 0 Å². The van der Waals surface area contributed by atoms with Crippen molar-refractivity contribution in [1.82, 2.24) is 0 Å². The standard InChI is InChI=1S/C73H130O6/c1-4-7-10-13-16-19-22-25-28-31-34-36-37-38-40-42-45-48-51-54-57-60-63-66-72(75)78-69-70(68-77-71(74)65-62-59-56-53-50-47-44-41-33-30-27-24-21-18-15-12-9-6-3)79-73(76)67-64-61-58-55-52-49-46-43-39-35-32-29-26-23-20-17-14-11-8-5-2/h7,10,16,19,25,28,30,33-34,36,38,40,70H,4-6,8-9,11-15,17-18,20-24,26-27,29,31-32,35,37,39,41-69H2,1-3H3/b10-7-,19-16-,28-25-,33-30-,36-34-,40-38-. The van der Waals surface area contributed by atoms with E-state index in [1.807, 2.05) is 0 Å². The van der Waals surface area contributed by atoms with Gasteiger partial charge in [0.05, 0.1) is 0 Å². The fourth-order valence-corrected chi connectivity index (χ4v) is 10.1. The van der Waals surface area contributed by atoms with Crippen molar-refractivity contribution >= 4 is 17.9 Å². The van der Waals surface area contributed by atoms with Gasteiger partial charge in [0.15, 0.2) is 6.10 Å². The van der Waals surface area contributed by atoms with Gasteiger partial charge in [0.2, 0.25) is 0 Å². The number of unbranched alkanes of at least 4 members (excludes halogenated alkanes) is 40. The Kier molecular flexibility index (Phi) is 64.7. The number of hydrogen-bond acceptors (Lipinski definition) is 6. The van der Waals surface area contributed by atoms with Crippen molar-refractivity contribution in [2.75, 3.05) is 13.2 Å². The van der Waals surface area contributed by atoms with E-state index in [0.717, 1.165) is 96.3 Å². The van der Waals surface area contributed by atoms with Crippen LogP contribution >= 0.6 is 0 Å². The van der Waals surface area contributed by atoms with Crippen LogP contribution in [0.5, 0.6) is 0 Å². The summed E-state index contributed by atoms with van der Waals surface area (Å²) in [5.74, 6) is -0.871. The average molecular weight is 1100 g/mol. The molecule has 0 saturated carbocycles. The number of ether oxygens (including phenoxy) is 3. The molecule has 0 aromatic carbocycles. The van der Waals surface area contributed by atoms with Crippen LogP contribution in [0.2, 0.25) is 0 Å². The molecule has 0 heterocycles. The van der Waals surface area contributed by atoms with E-state index in [-0.39, 0.29) is 31.1 Å². The lowest BCUT2D eigenvalue weighted by Gasteiger charge is -2.18. The summed E-state index contributed by atoms with van der Waals surface area (Å²) in [6, 6.07) is 0. The third-order valence-electron chi connectivity index (χ3n) is 15.2. The maximum Gasteiger partial charge on any atom is 0.306 e. The zero-order valence-corrected chi connectivity index (χ0v) is 52.6. The molecule has 0 fully saturated rings. The molecule has 0 saturated heterocycles. The molecular formula is C73H130O6. The van der Waals surface area contributed by atoms with E-state index < -0.39 is 6.10 Å².